The Hall–Kier alpha value is -5.25. The second kappa shape index (κ2) is 9.87. The molecule has 10 aromatic rings. The van der Waals surface area contributed by atoms with Crippen LogP contribution in [0.15, 0.2) is 109 Å². The molecule has 0 bridgehead atoms. The van der Waals surface area contributed by atoms with Crippen molar-refractivity contribution in [3.63, 3.8) is 0 Å². The van der Waals surface area contributed by atoms with Crippen molar-refractivity contribution in [2.24, 2.45) is 0 Å². The van der Waals surface area contributed by atoms with Crippen LogP contribution in [0.5, 0.6) is 11.5 Å². The zero-order valence-electron chi connectivity index (χ0n) is 24.9. The van der Waals surface area contributed by atoms with Gasteiger partial charge in [0, 0.05) is 50.9 Å². The summed E-state index contributed by atoms with van der Waals surface area (Å²) in [6, 6.07) is 43.0. The van der Waals surface area contributed by atoms with Crippen molar-refractivity contribution in [1.29, 1.82) is 0 Å². The van der Waals surface area contributed by atoms with Crippen LogP contribution in [0.4, 0.5) is 0 Å². The Morgan fingerprint density at radius 2 is 1.37 bits per heavy atom. The van der Waals surface area contributed by atoms with E-state index >= 15 is 0 Å². The number of ether oxygens (including phenoxy) is 1. The summed E-state index contributed by atoms with van der Waals surface area (Å²) in [6.45, 7) is 4.17. The quantitative estimate of drug-likeness (QED) is 0.133. The second-order valence-corrected chi connectivity index (χ2v) is 11.7. The van der Waals surface area contributed by atoms with Gasteiger partial charge in [-0.25, -0.2) is 4.98 Å². The minimum atomic E-state index is 0. The van der Waals surface area contributed by atoms with Crippen LogP contribution in [0.2, 0.25) is 0 Å². The molecule has 5 aromatic carbocycles. The van der Waals surface area contributed by atoms with Crippen molar-refractivity contribution in [2.45, 2.75) is 13.8 Å². The number of nitrogens with zero attached hydrogens (tertiary/aromatic N) is 4. The molecule has 0 saturated heterocycles. The first-order chi connectivity index (χ1) is 22.2. The fourth-order valence-electron chi connectivity index (χ4n) is 7.21. The van der Waals surface area contributed by atoms with Gasteiger partial charge in [0.2, 0.25) is 0 Å². The molecule has 0 N–H and O–H groups in total. The van der Waals surface area contributed by atoms with Crippen molar-refractivity contribution in [3.8, 4) is 22.6 Å². The van der Waals surface area contributed by atoms with E-state index in [0.29, 0.717) is 11.5 Å². The van der Waals surface area contributed by atoms with Gasteiger partial charge in [-0.05, 0) is 47.9 Å². The smallest absolute Gasteiger partial charge is 0.503 e. The van der Waals surface area contributed by atoms with E-state index in [-0.39, 0.29) is 21.1 Å². The van der Waals surface area contributed by atoms with Crippen LogP contribution >= 0.6 is 0 Å². The molecule has 0 aliphatic rings. The van der Waals surface area contributed by atoms with Gasteiger partial charge in [-0.3, -0.25) is 4.98 Å². The predicted molar refractivity (Wildman–Crippen MR) is 182 cm³/mol. The molecule has 0 aliphatic carbocycles. The Labute approximate surface area is 278 Å². The third-order valence-electron chi connectivity index (χ3n) is 9.31. The largest absolute Gasteiger partial charge is 2.00 e. The fraction of sp³-hybridized carbons (Fsp3) is 0.0500. The summed E-state index contributed by atoms with van der Waals surface area (Å²) in [5.74, 6) is 1.25. The summed E-state index contributed by atoms with van der Waals surface area (Å²) in [4.78, 5) is 9.85. The number of aromatic nitrogens is 4. The zero-order chi connectivity index (χ0) is 29.8. The average molecular weight is 772 g/mol. The van der Waals surface area contributed by atoms with Gasteiger partial charge in [0.25, 0.3) is 0 Å². The molecule has 6 heteroatoms. The van der Waals surface area contributed by atoms with Gasteiger partial charge in [-0.1, -0.05) is 89.1 Å². The fourth-order valence-corrected chi connectivity index (χ4v) is 7.21. The molecule has 5 nitrogen and oxygen atoms in total. The summed E-state index contributed by atoms with van der Waals surface area (Å²) in [6.07, 6.45) is 1.90. The Kier molecular flexibility index (Phi) is 5.81. The van der Waals surface area contributed by atoms with Gasteiger partial charge in [-0.15, -0.1) is 29.7 Å². The van der Waals surface area contributed by atoms with Crippen LogP contribution in [-0.4, -0.2) is 18.8 Å². The maximum absolute atomic E-state index is 6.50. The van der Waals surface area contributed by atoms with Crippen LogP contribution in [0.25, 0.3) is 76.7 Å². The first-order valence-corrected chi connectivity index (χ1v) is 15.1. The van der Waals surface area contributed by atoms with Crippen LogP contribution in [0.3, 0.4) is 0 Å². The Morgan fingerprint density at radius 3 is 2.24 bits per heavy atom. The minimum absolute atomic E-state index is 0. The number of hydrogen-bond donors (Lipinski definition) is 0. The molecular formula is C40H24N4OPt. The van der Waals surface area contributed by atoms with Gasteiger partial charge in [0.1, 0.15) is 5.65 Å². The monoisotopic (exact) mass is 771 g/mol. The third-order valence-corrected chi connectivity index (χ3v) is 9.31. The standard InChI is InChI=1S/C40H24N4O.Pt/c1-23-24(2)43-35-14-7-6-11-30(35)29-17-15-26(21-34(29)39(43)42-23)45-27-16-18-31-32-12-8-13-33-37-28(25-9-4-3-5-10-25)19-20-41-40(37)44(38(32)33)36(31)22-27;/h3-20H,1-2H3;/q-2;+2. The number of imidazole rings is 1. The Bertz CT molecular complexity index is 2810. The molecule has 0 amide bonds. The van der Waals surface area contributed by atoms with Crippen LogP contribution in [0, 0.1) is 26.0 Å². The van der Waals surface area contributed by atoms with E-state index in [2.05, 4.69) is 120 Å². The number of rotatable bonds is 3. The van der Waals surface area contributed by atoms with Crippen LogP contribution in [-0.2, 0) is 21.1 Å². The number of aryl methyl sites for hydroxylation is 2. The SMILES string of the molecule is Cc1nc2c3[c-]c(Oc4[c-]c5c(cc4)c4cccc6c7c(-c8ccccc8)ccnc7n5c46)ccc3c3ccccc3n2c1C.[Pt+2]. The van der Waals surface area contributed by atoms with E-state index in [1.165, 1.54) is 21.9 Å². The molecule has 0 fully saturated rings. The van der Waals surface area contributed by atoms with Gasteiger partial charge >= 0.3 is 21.1 Å². The molecule has 5 aromatic heterocycles. The number of benzene rings is 5. The molecule has 220 valence electrons. The first kappa shape index (κ1) is 27.1. The normalized spacial score (nSPS) is 12.0. The van der Waals surface area contributed by atoms with E-state index < -0.39 is 0 Å². The first-order valence-electron chi connectivity index (χ1n) is 15.1. The summed E-state index contributed by atoms with van der Waals surface area (Å²) in [5, 5.41) is 7.84. The van der Waals surface area contributed by atoms with Gasteiger partial charge in [-0.2, -0.15) is 6.07 Å². The van der Waals surface area contributed by atoms with Crippen LogP contribution < -0.4 is 4.74 Å². The summed E-state index contributed by atoms with van der Waals surface area (Å²) >= 11 is 0. The molecule has 46 heavy (non-hydrogen) atoms. The maximum atomic E-state index is 6.50. The summed E-state index contributed by atoms with van der Waals surface area (Å²) in [7, 11) is 0. The van der Waals surface area contributed by atoms with E-state index in [1.807, 2.05) is 24.4 Å². The molecule has 10 rings (SSSR count). The summed E-state index contributed by atoms with van der Waals surface area (Å²) < 4.78 is 11.0. The average Bonchev–Trinajstić information content (AvgIpc) is 3.71. The van der Waals surface area contributed by atoms with Gasteiger partial charge in [0.05, 0.1) is 5.65 Å². The molecule has 0 saturated carbocycles. The summed E-state index contributed by atoms with van der Waals surface area (Å²) in [5.41, 5.74) is 9.53. The number of fused-ring (bicyclic) bond motifs is 12. The van der Waals surface area contributed by atoms with Crippen molar-refractivity contribution in [1.82, 2.24) is 18.8 Å². The predicted octanol–water partition coefficient (Wildman–Crippen LogP) is 9.86. The topological polar surface area (TPSA) is 43.8 Å². The van der Waals surface area contributed by atoms with Crippen LogP contribution in [0.1, 0.15) is 11.4 Å². The number of hydrogen-bond acceptors (Lipinski definition) is 3. The second-order valence-electron chi connectivity index (χ2n) is 11.7. The van der Waals surface area contributed by atoms with Crippen molar-refractivity contribution in [2.75, 3.05) is 0 Å². The number of pyridine rings is 2. The van der Waals surface area contributed by atoms with E-state index in [9.17, 15) is 0 Å². The molecule has 5 heterocycles. The minimum Gasteiger partial charge on any atom is -0.503 e. The molecule has 0 spiro atoms. The molecule has 0 unspecified atom stereocenters. The van der Waals surface area contributed by atoms with Crippen molar-refractivity contribution in [3.05, 3.63) is 133 Å². The van der Waals surface area contributed by atoms with E-state index in [0.717, 1.165) is 66.2 Å². The Morgan fingerprint density at radius 1 is 0.630 bits per heavy atom. The maximum Gasteiger partial charge on any atom is 2.00 e. The Balaban J connectivity index is 0.00000292. The van der Waals surface area contributed by atoms with Crippen molar-refractivity contribution >= 4 is 65.5 Å². The number of para-hydroxylation sites is 2. The third kappa shape index (κ3) is 3.61. The molecule has 0 aliphatic heterocycles. The zero-order valence-corrected chi connectivity index (χ0v) is 27.2. The molecule has 0 radical (unpaired) electrons. The van der Waals surface area contributed by atoms with Gasteiger partial charge < -0.3 is 13.5 Å². The van der Waals surface area contributed by atoms with E-state index in [1.54, 1.807) is 0 Å². The van der Waals surface area contributed by atoms with E-state index in [4.69, 9.17) is 14.7 Å². The molecular weight excluding hydrogens is 748 g/mol. The molecule has 0 atom stereocenters. The van der Waals surface area contributed by atoms with Gasteiger partial charge in [0.15, 0.2) is 0 Å². The van der Waals surface area contributed by atoms with Crippen molar-refractivity contribution < 1.29 is 25.8 Å².